The molecule has 1 aliphatic heterocycles. The molecule has 0 aliphatic carbocycles. The Morgan fingerprint density at radius 3 is 2.70 bits per heavy atom. The summed E-state index contributed by atoms with van der Waals surface area (Å²) < 4.78 is 30.4. The van der Waals surface area contributed by atoms with Gasteiger partial charge in [-0.05, 0) is 37.6 Å². The molecule has 1 N–H and O–H groups in total. The Morgan fingerprint density at radius 1 is 1.20 bits per heavy atom. The lowest BCUT2D eigenvalue weighted by atomic mass is 10.1. The van der Waals surface area contributed by atoms with Crippen molar-refractivity contribution in [2.24, 2.45) is 10.2 Å². The second kappa shape index (κ2) is 9.90. The van der Waals surface area contributed by atoms with Gasteiger partial charge < -0.3 is 9.50 Å². The van der Waals surface area contributed by atoms with Crippen molar-refractivity contribution in [3.05, 3.63) is 59.7 Å². The summed E-state index contributed by atoms with van der Waals surface area (Å²) in [5, 5.41) is 11.1. The molecular formula is C21H23N3O4S2. The Bertz CT molecular complexity index is 1070. The Balaban J connectivity index is 1.77. The van der Waals surface area contributed by atoms with Crippen LogP contribution in [0.4, 0.5) is 0 Å². The summed E-state index contributed by atoms with van der Waals surface area (Å²) in [5.41, 5.74) is 1.38. The van der Waals surface area contributed by atoms with Gasteiger partial charge >= 0.3 is 10.1 Å². The predicted molar refractivity (Wildman–Crippen MR) is 120 cm³/mol. The van der Waals surface area contributed by atoms with Gasteiger partial charge in [0.15, 0.2) is 10.9 Å². The Kier molecular flexibility index (Phi) is 7.28. The molecule has 1 fully saturated rings. The minimum Gasteiger partial charge on any atom is -0.378 e. The maximum absolute atomic E-state index is 12.5. The first kappa shape index (κ1) is 22.0. The van der Waals surface area contributed by atoms with Crippen LogP contribution in [0.2, 0.25) is 0 Å². The lowest BCUT2D eigenvalue weighted by Gasteiger charge is -2.09. The highest BCUT2D eigenvalue weighted by atomic mass is 32.2. The zero-order valence-corrected chi connectivity index (χ0v) is 18.4. The third kappa shape index (κ3) is 5.70. The van der Waals surface area contributed by atoms with Gasteiger partial charge in [0.05, 0.1) is 11.5 Å². The summed E-state index contributed by atoms with van der Waals surface area (Å²) >= 11 is 1.36. The standard InChI is InChI=1S/C21H23N3O4S2/c1-3-4-10-19-20(25)23-21(29-19)24-22-14-16-13-15(2)11-12-18(16)28-30(26,27)17-8-6-5-7-9-17/h5-9,11-14,19H,3-4,10H2,1-2H3,(H,23,24,25). The van der Waals surface area contributed by atoms with Crippen molar-refractivity contribution in [2.45, 2.75) is 43.3 Å². The SMILES string of the molecule is CCCCC1S/C(=N/N=Cc2cc(C)ccc2OS(=O)(=O)c2ccccc2)NC1=O. The number of carbonyl (C=O) groups is 1. The number of nitrogens with zero attached hydrogens (tertiary/aromatic N) is 2. The van der Waals surface area contributed by atoms with E-state index in [1.54, 1.807) is 36.4 Å². The van der Waals surface area contributed by atoms with Gasteiger partial charge in [0.1, 0.15) is 4.90 Å². The third-order valence-corrected chi connectivity index (χ3v) is 6.73. The molecular weight excluding hydrogens is 422 g/mol. The highest BCUT2D eigenvalue weighted by Gasteiger charge is 2.29. The van der Waals surface area contributed by atoms with E-state index in [0.717, 1.165) is 24.8 Å². The molecule has 1 saturated heterocycles. The van der Waals surface area contributed by atoms with E-state index in [1.165, 1.54) is 30.1 Å². The highest BCUT2D eigenvalue weighted by molar-refractivity contribution is 8.15. The van der Waals surface area contributed by atoms with E-state index >= 15 is 0 Å². The zero-order chi connectivity index (χ0) is 21.6. The predicted octanol–water partition coefficient (Wildman–Crippen LogP) is 3.87. The summed E-state index contributed by atoms with van der Waals surface area (Å²) in [6, 6.07) is 13.0. The normalized spacial score (nSPS) is 18.1. The van der Waals surface area contributed by atoms with Crippen molar-refractivity contribution in [3.8, 4) is 5.75 Å². The first-order valence-corrected chi connectivity index (χ1v) is 11.9. The van der Waals surface area contributed by atoms with E-state index in [9.17, 15) is 13.2 Å². The quantitative estimate of drug-likeness (QED) is 0.378. The van der Waals surface area contributed by atoms with Gasteiger partial charge in [-0.2, -0.15) is 13.5 Å². The molecule has 9 heteroatoms. The van der Waals surface area contributed by atoms with Gasteiger partial charge in [-0.25, -0.2) is 0 Å². The molecule has 3 rings (SSSR count). The fourth-order valence-electron chi connectivity index (χ4n) is 2.77. The zero-order valence-electron chi connectivity index (χ0n) is 16.7. The number of unbranched alkanes of at least 4 members (excludes halogenated alkanes) is 1. The van der Waals surface area contributed by atoms with Gasteiger partial charge in [0, 0.05) is 5.56 Å². The Morgan fingerprint density at radius 2 is 1.97 bits per heavy atom. The number of nitrogens with one attached hydrogen (secondary N) is 1. The van der Waals surface area contributed by atoms with Crippen molar-refractivity contribution in [2.75, 3.05) is 0 Å². The molecule has 158 valence electrons. The number of amidine groups is 1. The average molecular weight is 446 g/mol. The second-order valence-corrected chi connectivity index (χ2v) is 9.52. The maximum atomic E-state index is 12.5. The van der Waals surface area contributed by atoms with Crippen LogP contribution >= 0.6 is 11.8 Å². The van der Waals surface area contributed by atoms with Crippen LogP contribution < -0.4 is 9.50 Å². The molecule has 0 bridgehead atoms. The van der Waals surface area contributed by atoms with Crippen LogP contribution in [-0.4, -0.2) is 31.0 Å². The van der Waals surface area contributed by atoms with E-state index < -0.39 is 10.1 Å². The number of aryl methyl sites for hydroxylation is 1. The van der Waals surface area contributed by atoms with E-state index in [-0.39, 0.29) is 21.8 Å². The number of carbonyl (C=O) groups excluding carboxylic acids is 1. The lowest BCUT2D eigenvalue weighted by molar-refractivity contribution is -0.118. The number of benzene rings is 2. The summed E-state index contributed by atoms with van der Waals surface area (Å²) in [5.74, 6) is 0.0910. The average Bonchev–Trinajstić information content (AvgIpc) is 3.08. The number of hydrogen-bond acceptors (Lipinski definition) is 7. The molecule has 1 amide bonds. The molecule has 7 nitrogen and oxygen atoms in total. The van der Waals surface area contributed by atoms with Gasteiger partial charge in [0.25, 0.3) is 0 Å². The Hall–Kier alpha value is -2.65. The highest BCUT2D eigenvalue weighted by Crippen LogP contribution is 2.25. The summed E-state index contributed by atoms with van der Waals surface area (Å²) in [7, 11) is -3.97. The van der Waals surface area contributed by atoms with Crippen LogP contribution in [0, 0.1) is 6.92 Å². The van der Waals surface area contributed by atoms with Gasteiger partial charge in [0.2, 0.25) is 5.91 Å². The minimum atomic E-state index is -3.97. The molecule has 30 heavy (non-hydrogen) atoms. The van der Waals surface area contributed by atoms with Gasteiger partial charge in [-0.3, -0.25) is 4.79 Å². The molecule has 0 radical (unpaired) electrons. The van der Waals surface area contributed by atoms with Crippen LogP contribution in [0.1, 0.15) is 37.3 Å². The van der Waals surface area contributed by atoms with E-state index in [2.05, 4.69) is 22.4 Å². The monoisotopic (exact) mass is 445 g/mol. The third-order valence-electron chi connectivity index (χ3n) is 4.34. The first-order valence-electron chi connectivity index (χ1n) is 9.58. The summed E-state index contributed by atoms with van der Waals surface area (Å²) in [6.07, 6.45) is 4.21. The van der Waals surface area contributed by atoms with Crippen molar-refractivity contribution in [1.82, 2.24) is 5.32 Å². The number of amides is 1. The molecule has 0 aromatic heterocycles. The maximum Gasteiger partial charge on any atom is 0.339 e. The molecule has 1 atom stereocenters. The summed E-state index contributed by atoms with van der Waals surface area (Å²) in [6.45, 7) is 3.96. The van der Waals surface area contributed by atoms with Crippen LogP contribution in [0.25, 0.3) is 0 Å². The molecule has 0 spiro atoms. The minimum absolute atomic E-state index is 0.0593. The molecule has 2 aromatic carbocycles. The number of hydrogen-bond donors (Lipinski definition) is 1. The Labute approximate surface area is 180 Å². The second-order valence-electron chi connectivity index (χ2n) is 6.78. The fourth-order valence-corrected chi connectivity index (χ4v) is 4.72. The smallest absolute Gasteiger partial charge is 0.339 e. The van der Waals surface area contributed by atoms with Crippen molar-refractivity contribution in [1.29, 1.82) is 0 Å². The number of thioether (sulfide) groups is 1. The van der Waals surface area contributed by atoms with Crippen LogP contribution in [0.3, 0.4) is 0 Å². The van der Waals surface area contributed by atoms with Crippen molar-refractivity contribution in [3.63, 3.8) is 0 Å². The van der Waals surface area contributed by atoms with Crippen LogP contribution in [-0.2, 0) is 14.9 Å². The fraction of sp³-hybridized carbons (Fsp3) is 0.286. The van der Waals surface area contributed by atoms with E-state index in [4.69, 9.17) is 4.18 Å². The van der Waals surface area contributed by atoms with Crippen LogP contribution in [0.15, 0.2) is 63.6 Å². The molecule has 1 heterocycles. The van der Waals surface area contributed by atoms with E-state index in [0.29, 0.717) is 10.7 Å². The van der Waals surface area contributed by atoms with Crippen molar-refractivity contribution < 1.29 is 17.4 Å². The van der Waals surface area contributed by atoms with Gasteiger partial charge in [-0.15, -0.1) is 5.10 Å². The lowest BCUT2D eigenvalue weighted by Crippen LogP contribution is -2.24. The molecule has 0 saturated carbocycles. The van der Waals surface area contributed by atoms with Crippen molar-refractivity contribution >= 4 is 39.2 Å². The largest absolute Gasteiger partial charge is 0.378 e. The molecule has 1 aliphatic rings. The molecule has 1 unspecified atom stereocenters. The van der Waals surface area contributed by atoms with Gasteiger partial charge in [-0.1, -0.05) is 61.4 Å². The molecule has 2 aromatic rings. The van der Waals surface area contributed by atoms with Crippen LogP contribution in [0.5, 0.6) is 5.75 Å². The summed E-state index contributed by atoms with van der Waals surface area (Å²) in [4.78, 5) is 12.0. The van der Waals surface area contributed by atoms with E-state index in [1.807, 2.05) is 6.92 Å². The topological polar surface area (TPSA) is 97.2 Å². The number of rotatable bonds is 8. The first-order chi connectivity index (χ1) is 14.4.